The zero-order valence-corrected chi connectivity index (χ0v) is 15.4. The molecule has 0 bridgehead atoms. The summed E-state index contributed by atoms with van der Waals surface area (Å²) in [6.45, 7) is 9.75. The Labute approximate surface area is 150 Å². The maximum atomic E-state index is 4.45. The van der Waals surface area contributed by atoms with E-state index >= 15 is 0 Å². The number of piperidine rings is 1. The van der Waals surface area contributed by atoms with Gasteiger partial charge in [-0.05, 0) is 48.9 Å². The lowest BCUT2D eigenvalue weighted by Gasteiger charge is -2.32. The summed E-state index contributed by atoms with van der Waals surface area (Å²) in [6, 6.07) is 8.53. The van der Waals surface area contributed by atoms with E-state index in [2.05, 4.69) is 75.8 Å². The Morgan fingerprint density at radius 1 is 1.16 bits per heavy atom. The number of aromatic nitrogens is 3. The molecule has 0 saturated carbocycles. The second-order valence-electron chi connectivity index (χ2n) is 7.28. The lowest BCUT2D eigenvalue weighted by atomic mass is 9.99. The monoisotopic (exact) mass is 340 g/mol. The van der Waals surface area contributed by atoms with E-state index in [4.69, 9.17) is 0 Å². The van der Waals surface area contributed by atoms with Crippen LogP contribution in [0, 0.1) is 11.8 Å². The van der Waals surface area contributed by atoms with Crippen molar-refractivity contribution in [2.75, 3.05) is 35.2 Å². The first-order valence-electron chi connectivity index (χ1n) is 9.16. The smallest absolute Gasteiger partial charge is 0.244 e. The summed E-state index contributed by atoms with van der Waals surface area (Å²) in [5.41, 5.74) is 2.29. The molecule has 1 saturated heterocycles. The highest BCUT2D eigenvalue weighted by atomic mass is 15.3. The molecule has 1 aliphatic rings. The molecule has 0 atom stereocenters. The molecular formula is C19H28N6. The van der Waals surface area contributed by atoms with Crippen molar-refractivity contribution in [3.63, 3.8) is 0 Å². The average Bonchev–Trinajstić information content (AvgIpc) is 2.62. The number of rotatable bonds is 6. The second kappa shape index (κ2) is 8.14. The second-order valence-corrected chi connectivity index (χ2v) is 7.28. The average molecular weight is 340 g/mol. The summed E-state index contributed by atoms with van der Waals surface area (Å²) >= 11 is 0. The molecule has 0 unspecified atom stereocenters. The molecule has 6 nitrogen and oxygen atoms in total. The van der Waals surface area contributed by atoms with Gasteiger partial charge in [-0.25, -0.2) is 0 Å². The van der Waals surface area contributed by atoms with Gasteiger partial charge in [0.1, 0.15) is 0 Å². The fraction of sp³-hybridized carbons (Fsp3) is 0.526. The molecule has 6 heteroatoms. The molecule has 1 aliphatic heterocycles. The van der Waals surface area contributed by atoms with E-state index in [-0.39, 0.29) is 0 Å². The highest BCUT2D eigenvalue weighted by Gasteiger charge is 2.15. The number of benzene rings is 1. The number of nitrogens with zero attached hydrogens (tertiary/aromatic N) is 4. The zero-order chi connectivity index (χ0) is 17.6. The van der Waals surface area contributed by atoms with Crippen LogP contribution in [0.3, 0.4) is 0 Å². The van der Waals surface area contributed by atoms with Crippen molar-refractivity contribution in [1.29, 1.82) is 0 Å². The Balaban J connectivity index is 1.60. The van der Waals surface area contributed by atoms with Gasteiger partial charge in [-0.3, -0.25) is 0 Å². The van der Waals surface area contributed by atoms with Crippen molar-refractivity contribution >= 4 is 23.1 Å². The van der Waals surface area contributed by atoms with E-state index in [9.17, 15) is 0 Å². The van der Waals surface area contributed by atoms with Gasteiger partial charge in [-0.2, -0.15) is 10.1 Å². The fourth-order valence-corrected chi connectivity index (χ4v) is 2.90. The summed E-state index contributed by atoms with van der Waals surface area (Å²) < 4.78 is 0. The Morgan fingerprint density at radius 3 is 2.56 bits per heavy atom. The van der Waals surface area contributed by atoms with Gasteiger partial charge >= 0.3 is 0 Å². The first-order chi connectivity index (χ1) is 12.1. The summed E-state index contributed by atoms with van der Waals surface area (Å²) in [6.07, 6.45) is 4.19. The number of nitrogens with one attached hydrogen (secondary N) is 2. The molecule has 25 heavy (non-hydrogen) atoms. The number of hydrogen-bond acceptors (Lipinski definition) is 6. The summed E-state index contributed by atoms with van der Waals surface area (Å²) in [5.74, 6) is 2.63. The first kappa shape index (κ1) is 17.5. The highest BCUT2D eigenvalue weighted by Crippen LogP contribution is 2.25. The predicted molar refractivity (Wildman–Crippen MR) is 103 cm³/mol. The lowest BCUT2D eigenvalue weighted by Crippen LogP contribution is -2.32. The maximum absolute atomic E-state index is 4.45. The van der Waals surface area contributed by atoms with E-state index in [0.717, 1.165) is 31.2 Å². The Hall–Kier alpha value is -2.37. The lowest BCUT2D eigenvalue weighted by molar-refractivity contribution is 0.438. The third-order valence-electron chi connectivity index (χ3n) is 4.52. The highest BCUT2D eigenvalue weighted by molar-refractivity contribution is 5.60. The van der Waals surface area contributed by atoms with Gasteiger partial charge in [0.15, 0.2) is 5.82 Å². The molecule has 0 aliphatic carbocycles. The molecule has 1 aromatic carbocycles. The van der Waals surface area contributed by atoms with E-state index < -0.39 is 0 Å². The van der Waals surface area contributed by atoms with Crippen LogP contribution in [0.2, 0.25) is 0 Å². The molecule has 0 radical (unpaired) electrons. The van der Waals surface area contributed by atoms with E-state index in [0.29, 0.717) is 17.7 Å². The van der Waals surface area contributed by atoms with Crippen LogP contribution in [-0.4, -0.2) is 34.8 Å². The van der Waals surface area contributed by atoms with Crippen molar-refractivity contribution in [3.05, 3.63) is 30.5 Å². The quantitative estimate of drug-likeness (QED) is 0.831. The molecular weight excluding hydrogens is 312 g/mol. The van der Waals surface area contributed by atoms with E-state index in [1.807, 2.05) is 0 Å². The Morgan fingerprint density at radius 2 is 1.88 bits per heavy atom. The Kier molecular flexibility index (Phi) is 5.68. The van der Waals surface area contributed by atoms with Gasteiger partial charge in [-0.15, -0.1) is 5.10 Å². The van der Waals surface area contributed by atoms with Crippen LogP contribution in [0.5, 0.6) is 0 Å². The van der Waals surface area contributed by atoms with Gasteiger partial charge in [0, 0.05) is 31.0 Å². The largest absolute Gasteiger partial charge is 0.372 e. The normalized spacial score (nSPS) is 15.4. The molecule has 2 N–H and O–H groups in total. The van der Waals surface area contributed by atoms with Gasteiger partial charge in [0.05, 0.1) is 6.20 Å². The van der Waals surface area contributed by atoms with Crippen LogP contribution < -0.4 is 15.5 Å². The van der Waals surface area contributed by atoms with Crippen LogP contribution in [0.1, 0.15) is 33.6 Å². The molecule has 1 fully saturated rings. The number of hydrogen-bond donors (Lipinski definition) is 2. The zero-order valence-electron chi connectivity index (χ0n) is 15.4. The van der Waals surface area contributed by atoms with Crippen molar-refractivity contribution in [2.24, 2.45) is 11.8 Å². The SMILES string of the molecule is CC(C)CNc1nncc(Nc2ccc(N3CCC(C)CC3)cc2)n1. The van der Waals surface area contributed by atoms with Gasteiger partial charge in [-0.1, -0.05) is 20.8 Å². The summed E-state index contributed by atoms with van der Waals surface area (Å²) in [7, 11) is 0. The van der Waals surface area contributed by atoms with Crippen LogP contribution in [-0.2, 0) is 0 Å². The standard InChI is InChI=1S/C19H28N6/c1-14(2)12-20-19-23-18(13-21-24-19)22-16-4-6-17(7-5-16)25-10-8-15(3)9-11-25/h4-7,13-15H,8-12H2,1-3H3,(H2,20,22,23,24). The minimum Gasteiger partial charge on any atom is -0.372 e. The molecule has 134 valence electrons. The molecule has 2 aromatic rings. The molecule has 1 aromatic heterocycles. The minimum absolute atomic E-state index is 0.533. The van der Waals surface area contributed by atoms with Crippen molar-refractivity contribution in [1.82, 2.24) is 15.2 Å². The van der Waals surface area contributed by atoms with E-state index in [1.165, 1.54) is 18.5 Å². The fourth-order valence-electron chi connectivity index (χ4n) is 2.90. The van der Waals surface area contributed by atoms with Gasteiger partial charge < -0.3 is 15.5 Å². The summed E-state index contributed by atoms with van der Waals surface area (Å²) in [4.78, 5) is 6.92. The van der Waals surface area contributed by atoms with Crippen LogP contribution in [0.25, 0.3) is 0 Å². The van der Waals surface area contributed by atoms with Crippen molar-refractivity contribution in [2.45, 2.75) is 33.6 Å². The Bertz CT molecular complexity index is 662. The number of anilines is 4. The van der Waals surface area contributed by atoms with Crippen molar-refractivity contribution < 1.29 is 0 Å². The molecule has 0 amide bonds. The predicted octanol–water partition coefficient (Wildman–Crippen LogP) is 3.92. The minimum atomic E-state index is 0.533. The van der Waals surface area contributed by atoms with E-state index in [1.54, 1.807) is 6.20 Å². The maximum Gasteiger partial charge on any atom is 0.244 e. The van der Waals surface area contributed by atoms with Gasteiger partial charge in [0.25, 0.3) is 0 Å². The first-order valence-corrected chi connectivity index (χ1v) is 9.16. The van der Waals surface area contributed by atoms with Crippen LogP contribution >= 0.6 is 0 Å². The van der Waals surface area contributed by atoms with Crippen LogP contribution in [0.4, 0.5) is 23.1 Å². The van der Waals surface area contributed by atoms with Crippen molar-refractivity contribution in [3.8, 4) is 0 Å². The van der Waals surface area contributed by atoms with Crippen LogP contribution in [0.15, 0.2) is 30.5 Å². The third kappa shape index (κ3) is 5.05. The van der Waals surface area contributed by atoms with Gasteiger partial charge in [0.2, 0.25) is 5.95 Å². The summed E-state index contributed by atoms with van der Waals surface area (Å²) in [5, 5.41) is 14.5. The molecule has 3 rings (SSSR count). The molecule has 0 spiro atoms. The topological polar surface area (TPSA) is 66.0 Å². The third-order valence-corrected chi connectivity index (χ3v) is 4.52. The molecule has 2 heterocycles.